The quantitative estimate of drug-likeness (QED) is 0.753. The van der Waals surface area contributed by atoms with Gasteiger partial charge in [-0.15, -0.1) is 0 Å². The number of methoxy groups -OCH3 is 1. The molecular formula is C18H15NO4. The normalized spacial score (nSPS) is 10.5. The highest BCUT2D eigenvalue weighted by molar-refractivity contribution is 5.92. The number of anilines is 1. The summed E-state index contributed by atoms with van der Waals surface area (Å²) in [7, 11) is 1.59. The Labute approximate surface area is 132 Å². The fourth-order valence-electron chi connectivity index (χ4n) is 2.36. The lowest BCUT2D eigenvalue weighted by Gasteiger charge is -2.06. The zero-order valence-corrected chi connectivity index (χ0v) is 12.8. The highest BCUT2D eigenvalue weighted by Gasteiger charge is 2.09. The fraction of sp³-hybridized carbons (Fsp3) is 0.111. The summed E-state index contributed by atoms with van der Waals surface area (Å²) in [5.41, 5.74) is 1.83. The van der Waals surface area contributed by atoms with E-state index in [0.717, 1.165) is 16.7 Å². The van der Waals surface area contributed by atoms with Crippen LogP contribution in [-0.2, 0) is 4.79 Å². The number of hydrogen-bond donors (Lipinski definition) is 1. The number of carbonyl (C=O) groups is 1. The first-order valence-corrected chi connectivity index (χ1v) is 7.07. The molecule has 0 aliphatic carbocycles. The maximum atomic E-state index is 12.2. The van der Waals surface area contributed by atoms with Crippen molar-refractivity contribution in [2.24, 2.45) is 0 Å². The minimum Gasteiger partial charge on any atom is -0.497 e. The van der Waals surface area contributed by atoms with Crippen molar-refractivity contribution in [3.05, 3.63) is 59.0 Å². The third-order valence-corrected chi connectivity index (χ3v) is 3.46. The van der Waals surface area contributed by atoms with E-state index in [1.165, 1.54) is 6.92 Å². The van der Waals surface area contributed by atoms with E-state index < -0.39 is 5.63 Å². The Morgan fingerprint density at radius 1 is 1.09 bits per heavy atom. The van der Waals surface area contributed by atoms with Gasteiger partial charge in [-0.2, -0.15) is 0 Å². The molecule has 0 radical (unpaired) electrons. The summed E-state index contributed by atoms with van der Waals surface area (Å²) in [6.07, 6.45) is 0. The van der Waals surface area contributed by atoms with Crippen LogP contribution >= 0.6 is 0 Å². The first-order valence-electron chi connectivity index (χ1n) is 7.07. The average Bonchev–Trinajstić information content (AvgIpc) is 2.54. The molecule has 0 aliphatic rings. The molecule has 23 heavy (non-hydrogen) atoms. The molecule has 1 N–H and O–H groups in total. The van der Waals surface area contributed by atoms with Crippen molar-refractivity contribution in [3.8, 4) is 16.9 Å². The van der Waals surface area contributed by atoms with E-state index in [1.54, 1.807) is 43.5 Å². The SMILES string of the molecule is COc1ccc(-c2cc3ccc(NC(C)=O)cc3oc2=O)cc1. The highest BCUT2D eigenvalue weighted by Crippen LogP contribution is 2.24. The number of hydrogen-bond acceptors (Lipinski definition) is 4. The van der Waals surface area contributed by atoms with Crippen LogP contribution in [0.5, 0.6) is 5.75 Å². The van der Waals surface area contributed by atoms with Crippen molar-refractivity contribution >= 4 is 22.6 Å². The van der Waals surface area contributed by atoms with E-state index in [2.05, 4.69) is 5.32 Å². The molecule has 3 aromatic rings. The number of ether oxygens (including phenoxy) is 1. The van der Waals surface area contributed by atoms with E-state index in [1.807, 2.05) is 12.1 Å². The summed E-state index contributed by atoms with van der Waals surface area (Å²) in [4.78, 5) is 23.3. The molecule has 116 valence electrons. The molecule has 2 aromatic carbocycles. The molecule has 1 heterocycles. The number of carbonyl (C=O) groups excluding carboxylic acids is 1. The van der Waals surface area contributed by atoms with Crippen LogP contribution in [0.15, 0.2) is 57.7 Å². The van der Waals surface area contributed by atoms with E-state index in [-0.39, 0.29) is 5.91 Å². The first-order chi connectivity index (χ1) is 11.1. The number of amides is 1. The van der Waals surface area contributed by atoms with Crippen LogP contribution in [0.25, 0.3) is 22.1 Å². The molecule has 0 spiro atoms. The minimum atomic E-state index is -0.428. The van der Waals surface area contributed by atoms with Gasteiger partial charge in [-0.3, -0.25) is 4.79 Å². The van der Waals surface area contributed by atoms with Gasteiger partial charge >= 0.3 is 5.63 Å². The van der Waals surface area contributed by atoms with Crippen LogP contribution in [0.3, 0.4) is 0 Å². The number of nitrogens with one attached hydrogen (secondary N) is 1. The number of rotatable bonds is 3. The zero-order valence-electron chi connectivity index (χ0n) is 12.8. The van der Waals surface area contributed by atoms with Crippen LogP contribution in [-0.4, -0.2) is 13.0 Å². The van der Waals surface area contributed by atoms with Crippen molar-refractivity contribution < 1.29 is 13.9 Å². The van der Waals surface area contributed by atoms with Crippen molar-refractivity contribution in [1.29, 1.82) is 0 Å². The zero-order chi connectivity index (χ0) is 16.4. The second kappa shape index (κ2) is 5.96. The van der Waals surface area contributed by atoms with Crippen LogP contribution in [0, 0.1) is 0 Å². The lowest BCUT2D eigenvalue weighted by Crippen LogP contribution is -2.06. The van der Waals surface area contributed by atoms with Gasteiger partial charge in [0.25, 0.3) is 0 Å². The average molecular weight is 309 g/mol. The van der Waals surface area contributed by atoms with Crippen molar-refractivity contribution in [2.75, 3.05) is 12.4 Å². The van der Waals surface area contributed by atoms with Crippen LogP contribution in [0.2, 0.25) is 0 Å². The minimum absolute atomic E-state index is 0.179. The van der Waals surface area contributed by atoms with Crippen LogP contribution in [0.4, 0.5) is 5.69 Å². The molecule has 0 unspecified atom stereocenters. The van der Waals surface area contributed by atoms with Gasteiger partial charge in [-0.25, -0.2) is 4.79 Å². The van der Waals surface area contributed by atoms with E-state index in [9.17, 15) is 9.59 Å². The number of fused-ring (bicyclic) bond motifs is 1. The van der Waals surface area contributed by atoms with Crippen molar-refractivity contribution in [1.82, 2.24) is 0 Å². The van der Waals surface area contributed by atoms with Gasteiger partial charge in [-0.1, -0.05) is 12.1 Å². The molecule has 1 aromatic heterocycles. The molecule has 0 atom stereocenters. The largest absolute Gasteiger partial charge is 0.497 e. The van der Waals surface area contributed by atoms with Crippen molar-refractivity contribution in [2.45, 2.75) is 6.92 Å². The summed E-state index contributed by atoms with van der Waals surface area (Å²) in [5, 5.41) is 3.44. The maximum Gasteiger partial charge on any atom is 0.344 e. The Morgan fingerprint density at radius 3 is 2.48 bits per heavy atom. The van der Waals surface area contributed by atoms with Gasteiger partial charge in [0.1, 0.15) is 11.3 Å². The predicted molar refractivity (Wildman–Crippen MR) is 88.8 cm³/mol. The fourth-order valence-corrected chi connectivity index (χ4v) is 2.36. The third-order valence-electron chi connectivity index (χ3n) is 3.46. The van der Waals surface area contributed by atoms with Gasteiger partial charge < -0.3 is 14.5 Å². The van der Waals surface area contributed by atoms with Crippen molar-refractivity contribution in [3.63, 3.8) is 0 Å². The van der Waals surface area contributed by atoms with E-state index >= 15 is 0 Å². The molecule has 5 heteroatoms. The summed E-state index contributed by atoms with van der Waals surface area (Å²) < 4.78 is 10.5. The molecule has 3 rings (SSSR count). The van der Waals surface area contributed by atoms with Gasteiger partial charge in [0.15, 0.2) is 0 Å². The van der Waals surface area contributed by atoms with E-state index in [4.69, 9.17) is 9.15 Å². The molecule has 0 saturated heterocycles. The lowest BCUT2D eigenvalue weighted by atomic mass is 10.1. The predicted octanol–water partition coefficient (Wildman–Crippen LogP) is 3.43. The Bertz CT molecular complexity index is 926. The summed E-state index contributed by atoms with van der Waals surface area (Å²) >= 11 is 0. The second-order valence-electron chi connectivity index (χ2n) is 5.11. The van der Waals surface area contributed by atoms with Gasteiger partial charge in [0, 0.05) is 24.1 Å². The number of benzene rings is 2. The Hall–Kier alpha value is -3.08. The molecule has 1 amide bonds. The smallest absolute Gasteiger partial charge is 0.344 e. The van der Waals surface area contributed by atoms with Gasteiger partial charge in [0.2, 0.25) is 5.91 Å². The highest BCUT2D eigenvalue weighted by atomic mass is 16.5. The Balaban J connectivity index is 2.07. The summed E-state index contributed by atoms with van der Waals surface area (Å²) in [6, 6.07) is 14.2. The lowest BCUT2D eigenvalue weighted by molar-refractivity contribution is -0.114. The van der Waals surface area contributed by atoms with E-state index in [0.29, 0.717) is 16.8 Å². The standard InChI is InChI=1S/C18H15NO4/c1-11(20)19-14-6-3-13-9-16(18(21)23-17(13)10-14)12-4-7-15(22-2)8-5-12/h3-10H,1-2H3,(H,19,20). The Morgan fingerprint density at radius 2 is 1.83 bits per heavy atom. The molecule has 0 aliphatic heterocycles. The second-order valence-corrected chi connectivity index (χ2v) is 5.11. The third kappa shape index (κ3) is 3.08. The molecular weight excluding hydrogens is 294 g/mol. The molecule has 0 bridgehead atoms. The van der Waals surface area contributed by atoms with Crippen LogP contribution in [0.1, 0.15) is 6.92 Å². The monoisotopic (exact) mass is 309 g/mol. The maximum absolute atomic E-state index is 12.2. The first kappa shape index (κ1) is 14.8. The molecule has 0 saturated carbocycles. The molecule has 5 nitrogen and oxygen atoms in total. The Kier molecular flexibility index (Phi) is 3.85. The van der Waals surface area contributed by atoms with Gasteiger partial charge in [-0.05, 0) is 35.9 Å². The van der Waals surface area contributed by atoms with Gasteiger partial charge in [0.05, 0.1) is 12.7 Å². The van der Waals surface area contributed by atoms with Crippen LogP contribution < -0.4 is 15.7 Å². The topological polar surface area (TPSA) is 68.5 Å². The molecule has 0 fully saturated rings. The summed E-state index contributed by atoms with van der Waals surface area (Å²) in [5.74, 6) is 0.542. The summed E-state index contributed by atoms with van der Waals surface area (Å²) in [6.45, 7) is 1.42.